The van der Waals surface area contributed by atoms with Crippen molar-refractivity contribution in [2.45, 2.75) is 45.6 Å². The summed E-state index contributed by atoms with van der Waals surface area (Å²) in [7, 11) is 0. The summed E-state index contributed by atoms with van der Waals surface area (Å²) in [6.07, 6.45) is 4.36. The maximum atomic E-state index is 13.8. The first kappa shape index (κ1) is 14.0. The number of hydrogen-bond donors (Lipinski definition) is 1. The lowest BCUT2D eigenvalue weighted by Gasteiger charge is -2.25. The van der Waals surface area contributed by atoms with Crippen molar-refractivity contribution in [3.8, 4) is 0 Å². The fourth-order valence-corrected chi connectivity index (χ4v) is 3.49. The van der Waals surface area contributed by atoms with Crippen molar-refractivity contribution >= 4 is 15.9 Å². The van der Waals surface area contributed by atoms with Crippen molar-refractivity contribution < 1.29 is 4.39 Å². The number of halogens is 2. The topological polar surface area (TPSA) is 12.0 Å². The van der Waals surface area contributed by atoms with Gasteiger partial charge in [-0.15, -0.1) is 0 Å². The number of hydrogen-bond acceptors (Lipinski definition) is 1. The van der Waals surface area contributed by atoms with Gasteiger partial charge in [-0.25, -0.2) is 4.39 Å². The van der Waals surface area contributed by atoms with Crippen LogP contribution in [0.3, 0.4) is 0 Å². The molecule has 0 aromatic heterocycles. The van der Waals surface area contributed by atoms with E-state index >= 15 is 0 Å². The Morgan fingerprint density at radius 2 is 2.28 bits per heavy atom. The molecule has 0 spiro atoms. The average molecular weight is 314 g/mol. The van der Waals surface area contributed by atoms with Gasteiger partial charge in [-0.2, -0.15) is 0 Å². The summed E-state index contributed by atoms with van der Waals surface area (Å²) in [6, 6.07) is 5.84. The smallest absolute Gasteiger partial charge is 0.126 e. The van der Waals surface area contributed by atoms with Crippen LogP contribution in [-0.2, 0) is 6.42 Å². The van der Waals surface area contributed by atoms with Crippen molar-refractivity contribution in [3.63, 3.8) is 0 Å². The second kappa shape index (κ2) is 5.70. The summed E-state index contributed by atoms with van der Waals surface area (Å²) >= 11 is 3.42. The van der Waals surface area contributed by atoms with Crippen LogP contribution in [0.25, 0.3) is 0 Å². The highest BCUT2D eigenvalue weighted by molar-refractivity contribution is 9.10. The van der Waals surface area contributed by atoms with E-state index in [1.165, 1.54) is 12.8 Å². The third-order valence-corrected chi connectivity index (χ3v) is 4.45. The second-order valence-corrected chi connectivity index (χ2v) is 6.64. The zero-order valence-electron chi connectivity index (χ0n) is 11.1. The van der Waals surface area contributed by atoms with E-state index in [0.29, 0.717) is 6.04 Å². The summed E-state index contributed by atoms with van der Waals surface area (Å²) in [6.45, 7) is 5.44. The minimum Gasteiger partial charge on any atom is -0.314 e. The van der Waals surface area contributed by atoms with E-state index in [1.54, 1.807) is 12.1 Å². The molecule has 18 heavy (non-hydrogen) atoms. The number of rotatable bonds is 4. The first-order valence-electron chi connectivity index (χ1n) is 6.70. The molecule has 1 aliphatic carbocycles. The lowest BCUT2D eigenvalue weighted by Crippen LogP contribution is -2.28. The molecule has 0 saturated heterocycles. The van der Waals surface area contributed by atoms with Gasteiger partial charge in [-0.1, -0.05) is 29.8 Å². The predicted molar refractivity (Wildman–Crippen MR) is 77.2 cm³/mol. The fourth-order valence-electron chi connectivity index (χ4n) is 3.08. The van der Waals surface area contributed by atoms with E-state index in [1.807, 2.05) is 6.07 Å². The van der Waals surface area contributed by atoms with Gasteiger partial charge in [0, 0.05) is 10.5 Å². The lowest BCUT2D eigenvalue weighted by molar-refractivity contribution is 0.318. The Kier molecular flexibility index (Phi) is 4.44. The molecular formula is C15H21BrFN. The Hall–Kier alpha value is -0.410. The van der Waals surface area contributed by atoms with Gasteiger partial charge in [0.05, 0.1) is 0 Å². The SMILES string of the molecule is CCNC1CCC(C)(Cc2cc(Br)ccc2F)C1. The van der Waals surface area contributed by atoms with Gasteiger partial charge >= 0.3 is 0 Å². The molecule has 0 amide bonds. The van der Waals surface area contributed by atoms with Crippen LogP contribution in [-0.4, -0.2) is 12.6 Å². The van der Waals surface area contributed by atoms with E-state index in [9.17, 15) is 4.39 Å². The Balaban J connectivity index is 2.07. The third-order valence-electron chi connectivity index (χ3n) is 3.95. The Bertz CT molecular complexity index is 421. The summed E-state index contributed by atoms with van der Waals surface area (Å²) < 4.78 is 14.8. The van der Waals surface area contributed by atoms with E-state index in [-0.39, 0.29) is 11.2 Å². The normalized spacial score (nSPS) is 27.7. The van der Waals surface area contributed by atoms with Crippen LogP contribution in [0.5, 0.6) is 0 Å². The highest BCUT2D eigenvalue weighted by Gasteiger charge is 2.35. The summed E-state index contributed by atoms with van der Waals surface area (Å²) in [4.78, 5) is 0. The number of benzene rings is 1. The van der Waals surface area contributed by atoms with Gasteiger partial charge in [0.25, 0.3) is 0 Å². The minimum atomic E-state index is -0.0775. The molecule has 2 unspecified atom stereocenters. The Morgan fingerprint density at radius 1 is 1.50 bits per heavy atom. The maximum Gasteiger partial charge on any atom is 0.126 e. The molecule has 0 heterocycles. The zero-order valence-corrected chi connectivity index (χ0v) is 12.7. The summed E-state index contributed by atoms with van der Waals surface area (Å²) in [5, 5.41) is 3.51. The van der Waals surface area contributed by atoms with Crippen molar-refractivity contribution in [2.75, 3.05) is 6.54 Å². The van der Waals surface area contributed by atoms with Gasteiger partial charge < -0.3 is 5.32 Å². The molecule has 2 atom stereocenters. The van der Waals surface area contributed by atoms with E-state index in [2.05, 4.69) is 35.1 Å². The molecule has 1 nitrogen and oxygen atoms in total. The van der Waals surface area contributed by atoms with Crippen molar-refractivity contribution in [1.29, 1.82) is 0 Å². The molecule has 1 N–H and O–H groups in total. The van der Waals surface area contributed by atoms with Gasteiger partial charge in [0.2, 0.25) is 0 Å². The monoisotopic (exact) mass is 313 g/mol. The standard InChI is InChI=1S/C15H21BrFN/c1-3-18-13-6-7-15(2,10-13)9-11-8-12(16)4-5-14(11)17/h4-5,8,13,18H,3,6-7,9-10H2,1-2H3. The zero-order chi connectivity index (χ0) is 13.2. The maximum absolute atomic E-state index is 13.8. The van der Waals surface area contributed by atoms with Crippen LogP contribution in [0, 0.1) is 11.2 Å². The molecule has 1 aromatic carbocycles. The number of nitrogens with one attached hydrogen (secondary N) is 1. The minimum absolute atomic E-state index is 0.0775. The molecule has 100 valence electrons. The molecule has 1 aromatic rings. The predicted octanol–water partition coefficient (Wildman–Crippen LogP) is 4.30. The van der Waals surface area contributed by atoms with Gasteiger partial charge in [0.15, 0.2) is 0 Å². The third kappa shape index (κ3) is 3.33. The van der Waals surface area contributed by atoms with Crippen molar-refractivity contribution in [2.24, 2.45) is 5.41 Å². The van der Waals surface area contributed by atoms with Crippen molar-refractivity contribution in [1.82, 2.24) is 5.32 Å². The fraction of sp³-hybridized carbons (Fsp3) is 0.600. The van der Waals surface area contributed by atoms with Crippen LogP contribution in [0.4, 0.5) is 4.39 Å². The lowest BCUT2D eigenvalue weighted by atomic mass is 9.82. The molecule has 0 aliphatic heterocycles. The average Bonchev–Trinajstić information content (AvgIpc) is 2.66. The molecule has 1 aliphatic rings. The van der Waals surface area contributed by atoms with E-state index in [4.69, 9.17) is 0 Å². The van der Waals surface area contributed by atoms with Gasteiger partial charge in [0.1, 0.15) is 5.82 Å². The van der Waals surface area contributed by atoms with Gasteiger partial charge in [-0.05, 0) is 61.4 Å². The van der Waals surface area contributed by atoms with Crippen LogP contribution < -0.4 is 5.32 Å². The molecule has 2 rings (SSSR count). The van der Waals surface area contributed by atoms with E-state index < -0.39 is 0 Å². The van der Waals surface area contributed by atoms with Crippen LogP contribution in [0.2, 0.25) is 0 Å². The highest BCUT2D eigenvalue weighted by Crippen LogP contribution is 2.41. The van der Waals surface area contributed by atoms with E-state index in [0.717, 1.165) is 29.4 Å². The molecule has 1 fully saturated rings. The highest BCUT2D eigenvalue weighted by atomic mass is 79.9. The Labute approximate surface area is 117 Å². The van der Waals surface area contributed by atoms with Crippen LogP contribution in [0.1, 0.15) is 38.7 Å². The van der Waals surface area contributed by atoms with Crippen LogP contribution >= 0.6 is 15.9 Å². The molecule has 1 saturated carbocycles. The van der Waals surface area contributed by atoms with Crippen molar-refractivity contribution in [3.05, 3.63) is 34.1 Å². The van der Waals surface area contributed by atoms with Crippen LogP contribution in [0.15, 0.2) is 22.7 Å². The first-order chi connectivity index (χ1) is 8.52. The Morgan fingerprint density at radius 3 is 3.00 bits per heavy atom. The molecular weight excluding hydrogens is 293 g/mol. The molecule has 3 heteroatoms. The summed E-state index contributed by atoms with van der Waals surface area (Å²) in [5.74, 6) is -0.0775. The second-order valence-electron chi connectivity index (χ2n) is 5.72. The quantitative estimate of drug-likeness (QED) is 0.874. The first-order valence-corrected chi connectivity index (χ1v) is 7.49. The molecule has 0 radical (unpaired) electrons. The largest absolute Gasteiger partial charge is 0.314 e. The molecule has 0 bridgehead atoms. The van der Waals surface area contributed by atoms with Gasteiger partial charge in [-0.3, -0.25) is 0 Å². The summed E-state index contributed by atoms with van der Waals surface area (Å²) in [5.41, 5.74) is 1.07.